The quantitative estimate of drug-likeness (QED) is 0.858. The summed E-state index contributed by atoms with van der Waals surface area (Å²) in [6.07, 6.45) is 1.51. The Morgan fingerprint density at radius 1 is 1.21 bits per heavy atom. The molecule has 1 unspecified atom stereocenters. The first kappa shape index (κ1) is 18.2. The number of carboxylic acid groups (broad SMARTS) is 1. The van der Waals surface area contributed by atoms with E-state index in [0.29, 0.717) is 11.3 Å². The number of aryl methyl sites for hydroxylation is 1. The standard InChI is InChI=1S/C17H22N2O4S/c1-11-5-7-15(8-6-11)24(22,23)19-10-14(12(2)13(19)3)9-17(4,18)16(20)21/h5-8,10H,9,18H2,1-4H3,(H,20,21). The zero-order valence-corrected chi connectivity index (χ0v) is 15.0. The van der Waals surface area contributed by atoms with Crippen LogP contribution in [0.15, 0.2) is 35.4 Å². The Hall–Kier alpha value is -2.12. The van der Waals surface area contributed by atoms with Gasteiger partial charge >= 0.3 is 5.97 Å². The van der Waals surface area contributed by atoms with Crippen LogP contribution in [0.4, 0.5) is 0 Å². The molecule has 0 amide bonds. The molecule has 0 radical (unpaired) electrons. The second-order valence-corrected chi connectivity index (χ2v) is 8.19. The number of hydrogen-bond acceptors (Lipinski definition) is 4. The van der Waals surface area contributed by atoms with E-state index in [0.717, 1.165) is 11.1 Å². The molecule has 1 aromatic carbocycles. The second kappa shape index (κ2) is 6.07. The third kappa shape index (κ3) is 3.22. The van der Waals surface area contributed by atoms with E-state index in [9.17, 15) is 18.3 Å². The van der Waals surface area contributed by atoms with Crippen molar-refractivity contribution < 1.29 is 18.3 Å². The minimum atomic E-state index is -3.74. The van der Waals surface area contributed by atoms with Crippen LogP contribution < -0.4 is 5.73 Å². The highest BCUT2D eigenvalue weighted by Gasteiger charge is 2.31. The van der Waals surface area contributed by atoms with Gasteiger partial charge in [0.05, 0.1) is 4.90 Å². The molecule has 1 heterocycles. The summed E-state index contributed by atoms with van der Waals surface area (Å²) in [7, 11) is -3.74. The van der Waals surface area contributed by atoms with E-state index in [1.54, 1.807) is 38.1 Å². The number of aliphatic carboxylic acids is 1. The summed E-state index contributed by atoms with van der Waals surface area (Å²) >= 11 is 0. The van der Waals surface area contributed by atoms with Gasteiger partial charge in [0.25, 0.3) is 10.0 Å². The molecule has 1 atom stereocenters. The fourth-order valence-electron chi connectivity index (χ4n) is 2.46. The zero-order chi connectivity index (χ0) is 18.3. The molecule has 0 aliphatic heterocycles. The molecule has 0 saturated heterocycles. The Morgan fingerprint density at radius 2 is 1.75 bits per heavy atom. The molecular formula is C17H22N2O4S. The van der Waals surface area contributed by atoms with Gasteiger partial charge in [-0.15, -0.1) is 0 Å². The van der Waals surface area contributed by atoms with Crippen LogP contribution in [-0.4, -0.2) is 29.0 Å². The lowest BCUT2D eigenvalue weighted by Gasteiger charge is -2.18. The van der Waals surface area contributed by atoms with Gasteiger partial charge in [-0.3, -0.25) is 4.79 Å². The van der Waals surface area contributed by atoms with Crippen molar-refractivity contribution in [2.45, 2.75) is 44.6 Å². The number of aromatic nitrogens is 1. The Labute approximate surface area is 142 Å². The highest BCUT2D eigenvalue weighted by atomic mass is 32.2. The number of hydrogen-bond donors (Lipinski definition) is 2. The van der Waals surface area contributed by atoms with Gasteiger partial charge in [-0.2, -0.15) is 0 Å². The van der Waals surface area contributed by atoms with Crippen molar-refractivity contribution in [2.24, 2.45) is 5.73 Å². The topological polar surface area (TPSA) is 102 Å². The van der Waals surface area contributed by atoms with Crippen molar-refractivity contribution in [1.29, 1.82) is 0 Å². The van der Waals surface area contributed by atoms with Crippen LogP contribution in [-0.2, 0) is 21.2 Å². The molecule has 130 valence electrons. The summed E-state index contributed by atoms with van der Waals surface area (Å²) in [6.45, 7) is 6.76. The van der Waals surface area contributed by atoms with Crippen molar-refractivity contribution in [3.8, 4) is 0 Å². The van der Waals surface area contributed by atoms with E-state index >= 15 is 0 Å². The van der Waals surface area contributed by atoms with Crippen molar-refractivity contribution >= 4 is 16.0 Å². The molecule has 6 nitrogen and oxygen atoms in total. The minimum absolute atomic E-state index is 0.0470. The summed E-state index contributed by atoms with van der Waals surface area (Å²) in [5.41, 5.74) is 7.19. The molecule has 7 heteroatoms. The van der Waals surface area contributed by atoms with Gasteiger partial charge in [0.2, 0.25) is 0 Å². The highest BCUT2D eigenvalue weighted by molar-refractivity contribution is 7.90. The monoisotopic (exact) mass is 350 g/mol. The maximum absolute atomic E-state index is 12.8. The van der Waals surface area contributed by atoms with Crippen LogP contribution in [0.25, 0.3) is 0 Å². The predicted octanol–water partition coefficient (Wildman–Crippen LogP) is 1.99. The van der Waals surface area contributed by atoms with Gasteiger partial charge in [0.1, 0.15) is 5.54 Å². The first-order valence-corrected chi connectivity index (χ1v) is 8.93. The Balaban J connectivity index is 2.51. The maximum Gasteiger partial charge on any atom is 0.323 e. The molecule has 2 aromatic rings. The fourth-order valence-corrected chi connectivity index (χ4v) is 3.93. The van der Waals surface area contributed by atoms with Gasteiger partial charge in [-0.05, 0) is 51.0 Å². The first-order chi connectivity index (χ1) is 11.0. The molecule has 0 saturated carbocycles. The molecular weight excluding hydrogens is 328 g/mol. The third-order valence-electron chi connectivity index (χ3n) is 4.25. The largest absolute Gasteiger partial charge is 0.480 e. The number of carbonyl (C=O) groups is 1. The summed E-state index contributed by atoms with van der Waals surface area (Å²) in [6, 6.07) is 6.59. The molecule has 0 fully saturated rings. The highest BCUT2D eigenvalue weighted by Crippen LogP contribution is 2.25. The smallest absolute Gasteiger partial charge is 0.323 e. The van der Waals surface area contributed by atoms with Crippen molar-refractivity contribution in [3.05, 3.63) is 52.8 Å². The van der Waals surface area contributed by atoms with Gasteiger partial charge in [0, 0.05) is 18.3 Å². The normalized spacial score (nSPS) is 14.4. The molecule has 2 rings (SSSR count). The van der Waals surface area contributed by atoms with Crippen molar-refractivity contribution in [1.82, 2.24) is 3.97 Å². The SMILES string of the molecule is Cc1ccc(S(=O)(=O)n2cc(CC(C)(N)C(=O)O)c(C)c2C)cc1. The van der Waals surface area contributed by atoms with E-state index in [2.05, 4.69) is 0 Å². The van der Waals surface area contributed by atoms with Gasteiger partial charge < -0.3 is 10.8 Å². The maximum atomic E-state index is 12.8. The van der Waals surface area contributed by atoms with Crippen molar-refractivity contribution in [3.63, 3.8) is 0 Å². The summed E-state index contributed by atoms with van der Waals surface area (Å²) in [4.78, 5) is 11.4. The average Bonchev–Trinajstić information content (AvgIpc) is 2.76. The van der Waals surface area contributed by atoms with Crippen LogP contribution >= 0.6 is 0 Å². The Bertz CT molecular complexity index is 878. The number of benzene rings is 1. The minimum Gasteiger partial charge on any atom is -0.480 e. The predicted molar refractivity (Wildman–Crippen MR) is 91.6 cm³/mol. The summed E-state index contributed by atoms with van der Waals surface area (Å²) in [5, 5.41) is 9.18. The van der Waals surface area contributed by atoms with E-state index in [-0.39, 0.29) is 11.3 Å². The van der Waals surface area contributed by atoms with E-state index in [4.69, 9.17) is 5.73 Å². The number of nitrogens with zero attached hydrogens (tertiary/aromatic N) is 1. The number of rotatable bonds is 5. The van der Waals surface area contributed by atoms with Crippen LogP contribution in [0.3, 0.4) is 0 Å². The van der Waals surface area contributed by atoms with Crippen LogP contribution in [0.1, 0.15) is 29.3 Å². The molecule has 0 bridgehead atoms. The van der Waals surface area contributed by atoms with E-state index in [1.807, 2.05) is 6.92 Å². The third-order valence-corrected chi connectivity index (χ3v) is 6.02. The van der Waals surface area contributed by atoms with E-state index < -0.39 is 21.5 Å². The molecule has 0 spiro atoms. The lowest BCUT2D eigenvalue weighted by molar-refractivity contribution is -0.142. The van der Waals surface area contributed by atoms with Crippen LogP contribution in [0, 0.1) is 20.8 Å². The molecule has 3 N–H and O–H groups in total. The van der Waals surface area contributed by atoms with Crippen LogP contribution in [0.5, 0.6) is 0 Å². The average molecular weight is 350 g/mol. The lowest BCUT2D eigenvalue weighted by atomic mass is 9.93. The zero-order valence-electron chi connectivity index (χ0n) is 14.2. The fraction of sp³-hybridized carbons (Fsp3) is 0.353. The molecule has 1 aromatic heterocycles. The molecule has 24 heavy (non-hydrogen) atoms. The number of carboxylic acids is 1. The number of nitrogens with two attached hydrogens (primary N) is 1. The van der Waals surface area contributed by atoms with Crippen molar-refractivity contribution in [2.75, 3.05) is 0 Å². The Kier molecular flexibility index (Phi) is 4.61. The molecule has 0 aliphatic carbocycles. The summed E-state index contributed by atoms with van der Waals surface area (Å²) in [5.74, 6) is -1.13. The summed E-state index contributed by atoms with van der Waals surface area (Å²) < 4.78 is 26.9. The van der Waals surface area contributed by atoms with Crippen LogP contribution in [0.2, 0.25) is 0 Å². The Morgan fingerprint density at radius 3 is 2.25 bits per heavy atom. The van der Waals surface area contributed by atoms with Gasteiger partial charge in [0.15, 0.2) is 0 Å². The van der Waals surface area contributed by atoms with E-state index in [1.165, 1.54) is 17.1 Å². The first-order valence-electron chi connectivity index (χ1n) is 7.49. The second-order valence-electron chi connectivity index (χ2n) is 6.38. The molecule has 0 aliphatic rings. The lowest BCUT2D eigenvalue weighted by Crippen LogP contribution is -2.46. The van der Waals surface area contributed by atoms with Gasteiger partial charge in [-0.25, -0.2) is 12.4 Å². The van der Waals surface area contributed by atoms with Gasteiger partial charge in [-0.1, -0.05) is 17.7 Å².